The molecule has 0 aliphatic rings. The molecular formula is C11H14NO5S-. The largest absolute Gasteiger partial charge is 0.548 e. The van der Waals surface area contributed by atoms with Gasteiger partial charge in [0.2, 0.25) is 10.0 Å². The standard InChI is InChI=1S/C11H15NO5S/c1-3-18(15,16)12(8-11(13)14)9-4-6-10(17-2)7-5-9/h4-7H,3,8H2,1-2H3,(H,13,14)/p-1. The molecule has 0 bridgehead atoms. The Bertz CT molecular complexity index is 509. The summed E-state index contributed by atoms with van der Waals surface area (Å²) in [6.45, 7) is 0.740. The van der Waals surface area contributed by atoms with Gasteiger partial charge in [0.15, 0.2) is 0 Å². The van der Waals surface area contributed by atoms with Crippen molar-refractivity contribution in [1.82, 2.24) is 0 Å². The highest BCUT2D eigenvalue weighted by Gasteiger charge is 2.20. The summed E-state index contributed by atoms with van der Waals surface area (Å²) < 4.78 is 29.3. The molecule has 0 saturated carbocycles. The lowest BCUT2D eigenvalue weighted by atomic mass is 10.3. The Hall–Kier alpha value is -1.76. The van der Waals surface area contributed by atoms with E-state index in [1.807, 2.05) is 0 Å². The van der Waals surface area contributed by atoms with Gasteiger partial charge in [-0.2, -0.15) is 0 Å². The fourth-order valence-electron chi connectivity index (χ4n) is 1.37. The van der Waals surface area contributed by atoms with Crippen molar-refractivity contribution in [1.29, 1.82) is 0 Å². The van der Waals surface area contributed by atoms with Crippen molar-refractivity contribution < 1.29 is 23.1 Å². The van der Waals surface area contributed by atoms with Gasteiger partial charge in [-0.1, -0.05) is 0 Å². The van der Waals surface area contributed by atoms with Gasteiger partial charge >= 0.3 is 0 Å². The second-order valence-electron chi connectivity index (χ2n) is 3.48. The molecule has 6 nitrogen and oxygen atoms in total. The number of hydrogen-bond acceptors (Lipinski definition) is 5. The Kier molecular flexibility index (Phi) is 4.55. The van der Waals surface area contributed by atoms with Crippen LogP contribution in [0.1, 0.15) is 6.92 Å². The molecular weight excluding hydrogens is 258 g/mol. The van der Waals surface area contributed by atoms with Crippen LogP contribution in [0.15, 0.2) is 24.3 Å². The summed E-state index contributed by atoms with van der Waals surface area (Å²) in [7, 11) is -2.17. The zero-order chi connectivity index (χ0) is 13.8. The molecule has 0 fully saturated rings. The molecule has 0 radical (unpaired) electrons. The number of rotatable bonds is 6. The Morgan fingerprint density at radius 2 is 1.89 bits per heavy atom. The quantitative estimate of drug-likeness (QED) is 0.703. The third kappa shape index (κ3) is 3.36. The first-order valence-corrected chi connectivity index (χ1v) is 6.86. The molecule has 0 atom stereocenters. The molecule has 0 aromatic heterocycles. The summed E-state index contributed by atoms with van der Waals surface area (Å²) >= 11 is 0. The molecule has 0 aliphatic carbocycles. The number of carbonyl (C=O) groups excluding carboxylic acids is 1. The highest BCUT2D eigenvalue weighted by molar-refractivity contribution is 7.92. The third-order valence-corrected chi connectivity index (χ3v) is 4.07. The number of aliphatic carboxylic acids is 1. The van der Waals surface area contributed by atoms with Gasteiger partial charge in [0.1, 0.15) is 5.75 Å². The molecule has 0 unspecified atom stereocenters. The van der Waals surface area contributed by atoms with Crippen molar-refractivity contribution in [2.75, 3.05) is 23.7 Å². The first-order valence-electron chi connectivity index (χ1n) is 5.25. The van der Waals surface area contributed by atoms with Crippen molar-refractivity contribution in [3.05, 3.63) is 24.3 Å². The van der Waals surface area contributed by atoms with Crippen molar-refractivity contribution in [2.24, 2.45) is 0 Å². The summed E-state index contributed by atoms with van der Waals surface area (Å²) in [5, 5.41) is 10.6. The molecule has 0 spiro atoms. The summed E-state index contributed by atoms with van der Waals surface area (Å²) in [4.78, 5) is 10.6. The van der Waals surface area contributed by atoms with Gasteiger partial charge in [-0.15, -0.1) is 0 Å². The first-order chi connectivity index (χ1) is 8.40. The van der Waals surface area contributed by atoms with Crippen molar-refractivity contribution in [3.63, 3.8) is 0 Å². The predicted molar refractivity (Wildman–Crippen MR) is 64.8 cm³/mol. The molecule has 18 heavy (non-hydrogen) atoms. The zero-order valence-electron chi connectivity index (χ0n) is 10.1. The zero-order valence-corrected chi connectivity index (χ0v) is 10.9. The number of methoxy groups -OCH3 is 1. The molecule has 0 heterocycles. The van der Waals surface area contributed by atoms with E-state index in [1.165, 1.54) is 26.2 Å². The minimum Gasteiger partial charge on any atom is -0.548 e. The number of nitrogens with zero attached hydrogens (tertiary/aromatic N) is 1. The number of sulfonamides is 1. The van der Waals surface area contributed by atoms with E-state index in [9.17, 15) is 18.3 Å². The molecule has 0 aliphatic heterocycles. The lowest BCUT2D eigenvalue weighted by Gasteiger charge is -2.24. The molecule has 0 N–H and O–H groups in total. The van der Waals surface area contributed by atoms with Crippen molar-refractivity contribution >= 4 is 21.7 Å². The molecule has 1 aromatic rings. The van der Waals surface area contributed by atoms with Gasteiger partial charge in [0, 0.05) is 0 Å². The molecule has 1 aromatic carbocycles. The van der Waals surface area contributed by atoms with E-state index >= 15 is 0 Å². The highest BCUT2D eigenvalue weighted by Crippen LogP contribution is 2.21. The fraction of sp³-hybridized carbons (Fsp3) is 0.364. The number of benzene rings is 1. The van der Waals surface area contributed by atoms with Crippen molar-refractivity contribution in [3.8, 4) is 5.75 Å². The monoisotopic (exact) mass is 272 g/mol. The Morgan fingerprint density at radius 3 is 2.28 bits per heavy atom. The number of carboxylic acids is 1. The minimum absolute atomic E-state index is 0.188. The van der Waals surface area contributed by atoms with Gasteiger partial charge in [-0.25, -0.2) is 8.42 Å². The SMILES string of the molecule is CCS(=O)(=O)N(CC(=O)[O-])c1ccc(OC)cc1. The lowest BCUT2D eigenvalue weighted by Crippen LogP contribution is -2.42. The molecule has 1 rings (SSSR count). The summed E-state index contributed by atoms with van der Waals surface area (Å²) in [5.74, 6) is -1.09. The topological polar surface area (TPSA) is 86.7 Å². The van der Waals surface area contributed by atoms with Gasteiger partial charge in [-0.05, 0) is 31.2 Å². The van der Waals surface area contributed by atoms with Gasteiger partial charge in [0.25, 0.3) is 0 Å². The fourth-order valence-corrected chi connectivity index (χ4v) is 2.43. The molecule has 100 valence electrons. The van der Waals surface area contributed by atoms with E-state index in [0.29, 0.717) is 5.75 Å². The van der Waals surface area contributed by atoms with Crippen LogP contribution < -0.4 is 14.1 Å². The Balaban J connectivity index is 3.13. The molecule has 7 heteroatoms. The maximum Gasteiger partial charge on any atom is 0.235 e. The van der Waals surface area contributed by atoms with E-state index < -0.39 is 22.5 Å². The second kappa shape index (κ2) is 5.72. The summed E-state index contributed by atoms with van der Waals surface area (Å²) in [6.07, 6.45) is 0. The lowest BCUT2D eigenvalue weighted by molar-refractivity contribution is -0.303. The van der Waals surface area contributed by atoms with E-state index in [-0.39, 0.29) is 11.4 Å². The first kappa shape index (κ1) is 14.3. The van der Waals surface area contributed by atoms with Crippen LogP contribution in [0.5, 0.6) is 5.75 Å². The van der Waals surface area contributed by atoms with E-state index in [1.54, 1.807) is 12.1 Å². The van der Waals surface area contributed by atoms with Crippen LogP contribution in [0.25, 0.3) is 0 Å². The highest BCUT2D eigenvalue weighted by atomic mass is 32.2. The predicted octanol–water partition coefficient (Wildman–Crippen LogP) is -0.399. The number of carboxylic acid groups (broad SMARTS) is 1. The number of ether oxygens (including phenoxy) is 1. The van der Waals surface area contributed by atoms with E-state index in [2.05, 4.69) is 0 Å². The van der Waals surface area contributed by atoms with Crippen molar-refractivity contribution in [2.45, 2.75) is 6.92 Å². The molecule has 0 amide bonds. The number of anilines is 1. The third-order valence-electron chi connectivity index (χ3n) is 2.33. The molecule has 0 saturated heterocycles. The van der Waals surface area contributed by atoms with Crippen LogP contribution in [0.2, 0.25) is 0 Å². The van der Waals surface area contributed by atoms with Crippen LogP contribution in [0.4, 0.5) is 5.69 Å². The minimum atomic E-state index is -3.66. The van der Waals surface area contributed by atoms with E-state index in [0.717, 1.165) is 4.31 Å². The van der Waals surface area contributed by atoms with Crippen LogP contribution in [0.3, 0.4) is 0 Å². The maximum absolute atomic E-state index is 11.8. The van der Waals surface area contributed by atoms with Crippen LogP contribution in [-0.2, 0) is 14.8 Å². The number of hydrogen-bond donors (Lipinski definition) is 0. The summed E-state index contributed by atoms with van der Waals surface area (Å²) in [6, 6.07) is 6.08. The maximum atomic E-state index is 11.8. The van der Waals surface area contributed by atoms with Crippen LogP contribution in [-0.4, -0.2) is 33.8 Å². The smallest absolute Gasteiger partial charge is 0.235 e. The van der Waals surface area contributed by atoms with Crippen LogP contribution in [0, 0.1) is 0 Å². The van der Waals surface area contributed by atoms with Gasteiger partial charge in [0.05, 0.1) is 31.1 Å². The van der Waals surface area contributed by atoms with E-state index in [4.69, 9.17) is 4.74 Å². The Morgan fingerprint density at radius 1 is 1.33 bits per heavy atom. The van der Waals surface area contributed by atoms with Crippen LogP contribution >= 0.6 is 0 Å². The van der Waals surface area contributed by atoms with Gasteiger partial charge < -0.3 is 14.6 Å². The second-order valence-corrected chi connectivity index (χ2v) is 5.66. The van der Waals surface area contributed by atoms with Gasteiger partial charge in [-0.3, -0.25) is 4.31 Å². The number of carbonyl (C=O) groups is 1. The Labute approximate surface area is 106 Å². The average Bonchev–Trinajstić information content (AvgIpc) is 2.36. The normalized spacial score (nSPS) is 11.0. The average molecular weight is 272 g/mol. The summed E-state index contributed by atoms with van der Waals surface area (Å²) in [5.41, 5.74) is 0.266.